The number of ether oxygens (including phenoxy) is 2. The van der Waals surface area contributed by atoms with E-state index in [1.54, 1.807) is 18.2 Å². The molecule has 8 heteroatoms. The van der Waals surface area contributed by atoms with E-state index in [1.165, 1.54) is 19.1 Å². The Morgan fingerprint density at radius 1 is 1.12 bits per heavy atom. The Bertz CT molecular complexity index is 685. The van der Waals surface area contributed by atoms with Gasteiger partial charge in [0.25, 0.3) is 11.1 Å². The summed E-state index contributed by atoms with van der Waals surface area (Å²) in [5, 5.41) is 2.78. The molecule has 0 radical (unpaired) electrons. The molecule has 1 heterocycles. The maximum atomic E-state index is 12.8. The minimum atomic E-state index is -0.282. The molecular weight excluding hydrogens is 356 g/mol. The summed E-state index contributed by atoms with van der Waals surface area (Å²) in [4.78, 5) is 38.3. The predicted molar refractivity (Wildman–Crippen MR) is 97.8 cm³/mol. The number of benzene rings is 1. The first-order valence-electron chi connectivity index (χ1n) is 8.56. The third-order valence-corrected chi connectivity index (χ3v) is 5.61. The highest BCUT2D eigenvalue weighted by Gasteiger charge is 2.41. The molecule has 2 aliphatic rings. The van der Waals surface area contributed by atoms with Gasteiger partial charge in [-0.05, 0) is 25.0 Å². The standard InChI is InChI=1S/C18H22N2O5S/c1-24-12-7-11(8-13(9-12)25-2)17(22)19-14-5-3-4-6-15(14)20-16(21)10-26-18(20)23/h7-9,14-15H,3-6,10H2,1-2H3,(H,19,22)/t14-,15-/m1/s1. The largest absolute Gasteiger partial charge is 0.497 e. The van der Waals surface area contributed by atoms with Crippen molar-refractivity contribution in [1.29, 1.82) is 0 Å². The molecule has 1 aromatic rings. The highest BCUT2D eigenvalue weighted by Crippen LogP contribution is 2.30. The van der Waals surface area contributed by atoms with E-state index in [4.69, 9.17) is 9.47 Å². The van der Waals surface area contributed by atoms with E-state index in [-0.39, 0.29) is 34.9 Å². The van der Waals surface area contributed by atoms with Crippen molar-refractivity contribution in [2.45, 2.75) is 37.8 Å². The first-order chi connectivity index (χ1) is 12.5. The molecule has 26 heavy (non-hydrogen) atoms. The lowest BCUT2D eigenvalue weighted by molar-refractivity contribution is -0.127. The van der Waals surface area contributed by atoms with E-state index in [1.807, 2.05) is 0 Å². The van der Waals surface area contributed by atoms with Crippen LogP contribution in [0, 0.1) is 0 Å². The van der Waals surface area contributed by atoms with Gasteiger partial charge in [0.1, 0.15) is 11.5 Å². The molecule has 0 unspecified atom stereocenters. The highest BCUT2D eigenvalue weighted by atomic mass is 32.2. The van der Waals surface area contributed by atoms with Crippen LogP contribution in [0.4, 0.5) is 4.79 Å². The minimum Gasteiger partial charge on any atom is -0.497 e. The molecule has 1 aliphatic carbocycles. The van der Waals surface area contributed by atoms with E-state index in [9.17, 15) is 14.4 Å². The number of rotatable bonds is 5. The molecule has 2 atom stereocenters. The van der Waals surface area contributed by atoms with Gasteiger partial charge in [0, 0.05) is 11.6 Å². The number of hydrogen-bond donors (Lipinski definition) is 1. The summed E-state index contributed by atoms with van der Waals surface area (Å²) in [7, 11) is 3.05. The van der Waals surface area contributed by atoms with E-state index in [0.717, 1.165) is 31.0 Å². The van der Waals surface area contributed by atoms with Crippen molar-refractivity contribution in [3.63, 3.8) is 0 Å². The van der Waals surface area contributed by atoms with Gasteiger partial charge < -0.3 is 14.8 Å². The lowest BCUT2D eigenvalue weighted by Gasteiger charge is -2.36. The Morgan fingerprint density at radius 3 is 2.35 bits per heavy atom. The molecule has 1 aromatic carbocycles. The molecule has 3 rings (SSSR count). The van der Waals surface area contributed by atoms with Gasteiger partial charge in [-0.15, -0.1) is 0 Å². The fraction of sp³-hybridized carbons (Fsp3) is 0.500. The summed E-state index contributed by atoms with van der Waals surface area (Å²) in [5.74, 6) is 0.787. The number of thioether (sulfide) groups is 1. The van der Waals surface area contributed by atoms with Crippen LogP contribution < -0.4 is 14.8 Å². The fourth-order valence-corrected chi connectivity index (χ4v) is 4.23. The average Bonchev–Trinajstić information content (AvgIpc) is 3.00. The lowest BCUT2D eigenvalue weighted by Crippen LogP contribution is -2.54. The van der Waals surface area contributed by atoms with Crippen LogP contribution in [0.15, 0.2) is 18.2 Å². The van der Waals surface area contributed by atoms with E-state index in [2.05, 4.69) is 5.32 Å². The SMILES string of the molecule is COc1cc(OC)cc(C(=O)N[C@@H]2CCCC[C@H]2N2C(=O)CSC2=O)c1. The number of amides is 3. The number of methoxy groups -OCH3 is 2. The monoisotopic (exact) mass is 378 g/mol. The van der Waals surface area contributed by atoms with Crippen molar-refractivity contribution in [2.75, 3.05) is 20.0 Å². The summed E-state index contributed by atoms with van der Waals surface area (Å²) in [5.41, 5.74) is 0.416. The number of nitrogens with zero attached hydrogens (tertiary/aromatic N) is 1. The van der Waals surface area contributed by atoms with Crippen LogP contribution in [0.1, 0.15) is 36.0 Å². The van der Waals surface area contributed by atoms with Crippen molar-refractivity contribution in [3.8, 4) is 11.5 Å². The van der Waals surface area contributed by atoms with Crippen molar-refractivity contribution in [1.82, 2.24) is 10.2 Å². The molecule has 0 spiro atoms. The summed E-state index contributed by atoms with van der Waals surface area (Å²) in [6.07, 6.45) is 3.33. The second kappa shape index (κ2) is 7.99. The fourth-order valence-electron chi connectivity index (χ4n) is 3.46. The molecule has 1 saturated carbocycles. The van der Waals surface area contributed by atoms with Gasteiger partial charge in [0.15, 0.2) is 0 Å². The summed E-state index contributed by atoms with van der Waals surface area (Å²) in [6.45, 7) is 0. The predicted octanol–water partition coefficient (Wildman–Crippen LogP) is 2.44. The van der Waals surface area contributed by atoms with E-state index in [0.29, 0.717) is 23.5 Å². The molecule has 1 N–H and O–H groups in total. The zero-order valence-corrected chi connectivity index (χ0v) is 15.6. The van der Waals surface area contributed by atoms with Gasteiger partial charge in [-0.3, -0.25) is 19.3 Å². The number of carbonyl (C=O) groups is 3. The molecule has 1 aliphatic heterocycles. The quantitative estimate of drug-likeness (QED) is 0.847. The summed E-state index contributed by atoms with van der Waals surface area (Å²) >= 11 is 1.03. The number of imide groups is 1. The van der Waals surface area contributed by atoms with Crippen molar-refractivity contribution in [2.24, 2.45) is 0 Å². The lowest BCUT2D eigenvalue weighted by atomic mass is 9.89. The third-order valence-electron chi connectivity index (χ3n) is 4.78. The van der Waals surface area contributed by atoms with Crippen molar-refractivity contribution in [3.05, 3.63) is 23.8 Å². The van der Waals surface area contributed by atoms with Crippen molar-refractivity contribution < 1.29 is 23.9 Å². The topological polar surface area (TPSA) is 84.9 Å². The van der Waals surface area contributed by atoms with E-state index >= 15 is 0 Å². The third kappa shape index (κ3) is 3.80. The Kier molecular flexibility index (Phi) is 5.70. The molecule has 0 aromatic heterocycles. The van der Waals surface area contributed by atoms with Crippen LogP contribution in [-0.4, -0.2) is 54.0 Å². The van der Waals surface area contributed by atoms with Gasteiger partial charge >= 0.3 is 0 Å². The Hall–Kier alpha value is -2.22. The average molecular weight is 378 g/mol. The van der Waals surface area contributed by atoms with Crippen LogP contribution >= 0.6 is 11.8 Å². The Morgan fingerprint density at radius 2 is 1.77 bits per heavy atom. The van der Waals surface area contributed by atoms with Gasteiger partial charge in [0.2, 0.25) is 5.91 Å². The van der Waals surface area contributed by atoms with Crippen LogP contribution in [0.25, 0.3) is 0 Å². The zero-order chi connectivity index (χ0) is 18.7. The normalized spacial score (nSPS) is 23.1. The molecule has 7 nitrogen and oxygen atoms in total. The number of hydrogen-bond acceptors (Lipinski definition) is 6. The smallest absolute Gasteiger partial charge is 0.289 e. The Labute approximate surface area is 156 Å². The molecule has 1 saturated heterocycles. The van der Waals surface area contributed by atoms with Crippen molar-refractivity contribution >= 4 is 28.8 Å². The van der Waals surface area contributed by atoms with Crippen LogP contribution in [-0.2, 0) is 4.79 Å². The molecule has 140 valence electrons. The van der Waals surface area contributed by atoms with Gasteiger partial charge in [-0.25, -0.2) is 0 Å². The Balaban J connectivity index is 1.78. The maximum Gasteiger partial charge on any atom is 0.289 e. The van der Waals surface area contributed by atoms with Crippen LogP contribution in [0.5, 0.6) is 11.5 Å². The van der Waals surface area contributed by atoms with Gasteiger partial charge in [-0.2, -0.15) is 0 Å². The summed E-state index contributed by atoms with van der Waals surface area (Å²) in [6, 6.07) is 4.43. The molecule has 2 fully saturated rings. The second-order valence-corrected chi connectivity index (χ2v) is 7.28. The minimum absolute atomic E-state index is 0.172. The second-order valence-electron chi connectivity index (χ2n) is 6.35. The highest BCUT2D eigenvalue weighted by molar-refractivity contribution is 8.14. The van der Waals surface area contributed by atoms with E-state index < -0.39 is 0 Å². The first-order valence-corrected chi connectivity index (χ1v) is 9.55. The molecule has 0 bridgehead atoms. The molecular formula is C18H22N2O5S. The zero-order valence-electron chi connectivity index (χ0n) is 14.8. The molecule has 3 amide bonds. The number of nitrogens with one attached hydrogen (secondary N) is 1. The first kappa shape index (κ1) is 18.6. The van der Waals surface area contributed by atoms with Crippen LogP contribution in [0.3, 0.4) is 0 Å². The van der Waals surface area contributed by atoms with Gasteiger partial charge in [-0.1, -0.05) is 24.6 Å². The van der Waals surface area contributed by atoms with Crippen LogP contribution in [0.2, 0.25) is 0 Å². The maximum absolute atomic E-state index is 12.8. The van der Waals surface area contributed by atoms with Gasteiger partial charge in [0.05, 0.1) is 32.1 Å². The number of carbonyl (C=O) groups excluding carboxylic acids is 3. The summed E-state index contributed by atoms with van der Waals surface area (Å²) < 4.78 is 10.4.